The molecule has 0 unspecified atom stereocenters. The SMILES string of the molecule is CC(C)(C)[C@@H]1CCc2sc(C(=O)NN)cc2C1. The highest BCUT2D eigenvalue weighted by molar-refractivity contribution is 7.14. The van der Waals surface area contributed by atoms with Crippen molar-refractivity contribution in [2.75, 3.05) is 0 Å². The normalized spacial score (nSPS) is 19.9. The Morgan fingerprint density at radius 2 is 2.24 bits per heavy atom. The van der Waals surface area contributed by atoms with Crippen molar-refractivity contribution in [3.63, 3.8) is 0 Å². The number of hydrazine groups is 1. The number of hydrogen-bond donors (Lipinski definition) is 2. The van der Waals surface area contributed by atoms with Gasteiger partial charge in [-0.25, -0.2) is 5.84 Å². The number of carbonyl (C=O) groups is 1. The van der Waals surface area contributed by atoms with E-state index in [1.165, 1.54) is 16.9 Å². The van der Waals surface area contributed by atoms with E-state index in [0.29, 0.717) is 11.3 Å². The molecule has 1 amide bonds. The maximum absolute atomic E-state index is 11.5. The quantitative estimate of drug-likeness (QED) is 0.458. The second-order valence-corrected chi connectivity index (χ2v) is 6.98. The van der Waals surface area contributed by atoms with Crippen molar-refractivity contribution in [2.45, 2.75) is 40.0 Å². The van der Waals surface area contributed by atoms with Crippen LogP contribution in [0.15, 0.2) is 6.07 Å². The highest BCUT2D eigenvalue weighted by Gasteiger charge is 2.30. The number of amides is 1. The number of nitrogens with two attached hydrogens (primary N) is 1. The molecular weight excluding hydrogens is 232 g/mol. The predicted octanol–water partition coefficient (Wildman–Crippen LogP) is 2.50. The van der Waals surface area contributed by atoms with Crippen LogP contribution in [0.1, 0.15) is 47.3 Å². The Morgan fingerprint density at radius 3 is 2.82 bits per heavy atom. The standard InChI is InChI=1S/C13H20N2OS/c1-13(2,3)9-4-5-10-8(6-9)7-11(17-10)12(16)15-14/h7,9H,4-6,14H2,1-3H3,(H,15,16)/t9-/m1/s1. The van der Waals surface area contributed by atoms with E-state index in [1.807, 2.05) is 6.07 Å². The number of fused-ring (bicyclic) bond motifs is 1. The Kier molecular flexibility index (Phi) is 3.27. The topological polar surface area (TPSA) is 55.1 Å². The van der Waals surface area contributed by atoms with E-state index in [1.54, 1.807) is 11.3 Å². The van der Waals surface area contributed by atoms with Crippen LogP contribution >= 0.6 is 11.3 Å². The van der Waals surface area contributed by atoms with Gasteiger partial charge in [-0.05, 0) is 42.2 Å². The second-order valence-electron chi connectivity index (χ2n) is 5.84. The van der Waals surface area contributed by atoms with E-state index < -0.39 is 0 Å². The van der Waals surface area contributed by atoms with Crippen LogP contribution in [0.25, 0.3) is 0 Å². The molecule has 1 heterocycles. The van der Waals surface area contributed by atoms with E-state index in [0.717, 1.165) is 17.7 Å². The summed E-state index contributed by atoms with van der Waals surface area (Å²) >= 11 is 1.59. The van der Waals surface area contributed by atoms with E-state index in [4.69, 9.17) is 5.84 Å². The molecule has 1 aliphatic rings. The third kappa shape index (κ3) is 2.53. The van der Waals surface area contributed by atoms with Crippen LogP contribution in [0.5, 0.6) is 0 Å². The summed E-state index contributed by atoms with van der Waals surface area (Å²) in [6.07, 6.45) is 3.41. The molecule has 1 aromatic rings. The van der Waals surface area contributed by atoms with Gasteiger partial charge in [-0.3, -0.25) is 10.2 Å². The average molecular weight is 252 g/mol. The van der Waals surface area contributed by atoms with Crippen molar-refractivity contribution in [3.05, 3.63) is 21.4 Å². The summed E-state index contributed by atoms with van der Waals surface area (Å²) in [5.41, 5.74) is 3.89. The van der Waals surface area contributed by atoms with Crippen LogP contribution < -0.4 is 11.3 Å². The fourth-order valence-corrected chi connectivity index (χ4v) is 3.56. The van der Waals surface area contributed by atoms with Crippen LogP contribution in [-0.4, -0.2) is 5.91 Å². The molecule has 0 spiro atoms. The third-order valence-corrected chi connectivity index (χ3v) is 4.90. The second kappa shape index (κ2) is 4.42. The number of nitrogens with one attached hydrogen (secondary N) is 1. The fourth-order valence-electron chi connectivity index (χ4n) is 2.45. The number of rotatable bonds is 1. The summed E-state index contributed by atoms with van der Waals surface area (Å²) in [4.78, 5) is 13.6. The molecule has 0 aromatic carbocycles. The molecule has 4 heteroatoms. The lowest BCUT2D eigenvalue weighted by Gasteiger charge is -2.33. The smallest absolute Gasteiger partial charge is 0.275 e. The van der Waals surface area contributed by atoms with Crippen molar-refractivity contribution in [3.8, 4) is 0 Å². The van der Waals surface area contributed by atoms with Gasteiger partial charge in [-0.15, -0.1) is 11.3 Å². The highest BCUT2D eigenvalue weighted by Crippen LogP contribution is 2.39. The first-order valence-corrected chi connectivity index (χ1v) is 6.86. The summed E-state index contributed by atoms with van der Waals surface area (Å²) in [6.45, 7) is 6.88. The average Bonchev–Trinajstić information content (AvgIpc) is 2.69. The summed E-state index contributed by atoms with van der Waals surface area (Å²) in [5, 5.41) is 0. The maximum Gasteiger partial charge on any atom is 0.275 e. The minimum atomic E-state index is -0.170. The van der Waals surface area contributed by atoms with Gasteiger partial charge in [-0.1, -0.05) is 20.8 Å². The van der Waals surface area contributed by atoms with Crippen molar-refractivity contribution >= 4 is 17.2 Å². The molecule has 0 aliphatic heterocycles. The molecule has 0 fully saturated rings. The molecule has 3 N–H and O–H groups in total. The molecule has 1 atom stereocenters. The first-order valence-electron chi connectivity index (χ1n) is 6.04. The lowest BCUT2D eigenvalue weighted by atomic mass is 9.72. The third-order valence-electron chi connectivity index (χ3n) is 3.66. The fraction of sp³-hybridized carbons (Fsp3) is 0.615. The lowest BCUT2D eigenvalue weighted by molar-refractivity contribution is 0.0957. The predicted molar refractivity (Wildman–Crippen MR) is 70.9 cm³/mol. The first kappa shape index (κ1) is 12.6. The van der Waals surface area contributed by atoms with E-state index in [9.17, 15) is 4.79 Å². The molecule has 17 heavy (non-hydrogen) atoms. The minimum absolute atomic E-state index is 0.170. The molecule has 2 rings (SSSR count). The molecular formula is C13H20N2OS. The zero-order valence-corrected chi connectivity index (χ0v) is 11.5. The van der Waals surface area contributed by atoms with Crippen LogP contribution in [0.2, 0.25) is 0 Å². The summed E-state index contributed by atoms with van der Waals surface area (Å²) in [5.74, 6) is 5.70. The minimum Gasteiger partial charge on any atom is -0.289 e. The van der Waals surface area contributed by atoms with Gasteiger partial charge in [0.25, 0.3) is 5.91 Å². The first-order chi connectivity index (χ1) is 7.91. The lowest BCUT2D eigenvalue weighted by Crippen LogP contribution is -2.29. The van der Waals surface area contributed by atoms with Gasteiger partial charge in [-0.2, -0.15) is 0 Å². The summed E-state index contributed by atoms with van der Waals surface area (Å²) in [6, 6.07) is 2.01. The van der Waals surface area contributed by atoms with Gasteiger partial charge >= 0.3 is 0 Å². The van der Waals surface area contributed by atoms with Gasteiger partial charge < -0.3 is 0 Å². The van der Waals surface area contributed by atoms with Crippen molar-refractivity contribution in [1.82, 2.24) is 5.43 Å². The molecule has 1 aromatic heterocycles. The van der Waals surface area contributed by atoms with Gasteiger partial charge in [0.15, 0.2) is 0 Å². The van der Waals surface area contributed by atoms with Gasteiger partial charge in [0.1, 0.15) is 0 Å². The van der Waals surface area contributed by atoms with E-state index >= 15 is 0 Å². The molecule has 0 bridgehead atoms. The van der Waals surface area contributed by atoms with Gasteiger partial charge in [0.05, 0.1) is 4.88 Å². The van der Waals surface area contributed by atoms with Gasteiger partial charge in [0, 0.05) is 4.88 Å². The Bertz CT molecular complexity index is 431. The van der Waals surface area contributed by atoms with Crippen molar-refractivity contribution < 1.29 is 4.79 Å². The molecule has 3 nitrogen and oxygen atoms in total. The molecule has 0 saturated carbocycles. The van der Waals surface area contributed by atoms with Crippen molar-refractivity contribution in [1.29, 1.82) is 0 Å². The van der Waals surface area contributed by atoms with E-state index in [2.05, 4.69) is 26.2 Å². The zero-order chi connectivity index (χ0) is 12.6. The highest BCUT2D eigenvalue weighted by atomic mass is 32.1. The maximum atomic E-state index is 11.5. The van der Waals surface area contributed by atoms with Crippen LogP contribution in [-0.2, 0) is 12.8 Å². The Hall–Kier alpha value is -0.870. The monoisotopic (exact) mass is 252 g/mol. The largest absolute Gasteiger partial charge is 0.289 e. The van der Waals surface area contributed by atoms with E-state index in [-0.39, 0.29) is 5.91 Å². The summed E-state index contributed by atoms with van der Waals surface area (Å²) in [7, 11) is 0. The molecule has 94 valence electrons. The Balaban J connectivity index is 2.21. The number of hydrogen-bond acceptors (Lipinski definition) is 3. The number of nitrogen functional groups attached to an aromatic ring is 1. The van der Waals surface area contributed by atoms with Crippen LogP contribution in [0.3, 0.4) is 0 Å². The Morgan fingerprint density at radius 1 is 1.53 bits per heavy atom. The zero-order valence-electron chi connectivity index (χ0n) is 10.7. The van der Waals surface area contributed by atoms with Gasteiger partial charge in [0.2, 0.25) is 0 Å². The van der Waals surface area contributed by atoms with Crippen molar-refractivity contribution in [2.24, 2.45) is 17.2 Å². The molecule has 0 radical (unpaired) electrons. The molecule has 1 aliphatic carbocycles. The Labute approximate surface area is 106 Å². The number of carbonyl (C=O) groups excluding carboxylic acids is 1. The molecule has 0 saturated heterocycles. The van der Waals surface area contributed by atoms with Crippen LogP contribution in [0.4, 0.5) is 0 Å². The summed E-state index contributed by atoms with van der Waals surface area (Å²) < 4.78 is 0. The van der Waals surface area contributed by atoms with Crippen LogP contribution in [0, 0.1) is 11.3 Å². The number of aryl methyl sites for hydroxylation is 1. The number of thiophene rings is 1.